The van der Waals surface area contributed by atoms with Crippen LogP contribution in [-0.2, 0) is 10.8 Å². The lowest BCUT2D eigenvalue weighted by Gasteiger charge is -2.09. The topological polar surface area (TPSA) is 29.1 Å². The van der Waals surface area contributed by atoms with Gasteiger partial charge < -0.3 is 5.32 Å². The third kappa shape index (κ3) is 5.21. The van der Waals surface area contributed by atoms with Crippen LogP contribution in [0.3, 0.4) is 0 Å². The van der Waals surface area contributed by atoms with Gasteiger partial charge in [-0.1, -0.05) is 47.2 Å². The highest BCUT2D eigenvalue weighted by atomic mass is 32.2. The summed E-state index contributed by atoms with van der Waals surface area (Å²) >= 11 is 1.75. The average Bonchev–Trinajstić information content (AvgIpc) is 2.77. The van der Waals surface area contributed by atoms with Gasteiger partial charge in [-0.05, 0) is 86.6 Å². The summed E-state index contributed by atoms with van der Waals surface area (Å²) in [6, 6.07) is 32.6. The van der Waals surface area contributed by atoms with Crippen molar-refractivity contribution >= 4 is 33.9 Å². The van der Waals surface area contributed by atoms with Crippen LogP contribution in [0.15, 0.2) is 117 Å². The number of rotatable bonds is 6. The Morgan fingerprint density at radius 2 is 0.933 bits per heavy atom. The predicted octanol–water partition coefficient (Wildman–Crippen LogP) is 7.36. The van der Waals surface area contributed by atoms with E-state index in [0.717, 1.165) is 21.2 Å². The Kier molecular flexibility index (Phi) is 6.36. The number of benzene rings is 4. The number of nitrogens with one attached hydrogen (secondary N) is 1. The van der Waals surface area contributed by atoms with Gasteiger partial charge in [-0.15, -0.1) is 0 Å². The second kappa shape index (κ2) is 9.33. The fourth-order valence-electron chi connectivity index (χ4n) is 2.98. The van der Waals surface area contributed by atoms with Crippen LogP contribution in [0.2, 0.25) is 0 Å². The molecule has 0 bridgehead atoms. The van der Waals surface area contributed by atoms with Gasteiger partial charge in [0.05, 0.1) is 10.8 Å². The number of anilines is 2. The molecule has 0 fully saturated rings. The summed E-state index contributed by atoms with van der Waals surface area (Å²) in [5, 5.41) is 3.41. The molecule has 0 radical (unpaired) electrons. The normalized spacial score (nSPS) is 11.8. The zero-order chi connectivity index (χ0) is 20.9. The van der Waals surface area contributed by atoms with E-state index in [1.165, 1.54) is 20.9 Å². The van der Waals surface area contributed by atoms with Gasteiger partial charge >= 0.3 is 0 Å². The van der Waals surface area contributed by atoms with Gasteiger partial charge in [-0.3, -0.25) is 0 Å². The first-order chi connectivity index (χ1) is 14.6. The summed E-state index contributed by atoms with van der Waals surface area (Å²) in [7, 11) is -1.16. The molecule has 150 valence electrons. The van der Waals surface area contributed by atoms with Crippen LogP contribution in [0.1, 0.15) is 11.1 Å². The summed E-state index contributed by atoms with van der Waals surface area (Å²) < 4.78 is 12.7. The quantitative estimate of drug-likeness (QED) is 0.347. The van der Waals surface area contributed by atoms with Crippen LogP contribution < -0.4 is 5.32 Å². The van der Waals surface area contributed by atoms with Crippen molar-refractivity contribution in [1.29, 1.82) is 0 Å². The minimum atomic E-state index is -1.16. The van der Waals surface area contributed by atoms with Crippen molar-refractivity contribution < 1.29 is 4.21 Å². The number of hydrogen-bond acceptors (Lipinski definition) is 3. The Balaban J connectivity index is 1.40. The molecule has 0 aliphatic carbocycles. The second-order valence-corrected chi connectivity index (χ2v) is 9.80. The van der Waals surface area contributed by atoms with E-state index in [1.807, 2.05) is 55.5 Å². The van der Waals surface area contributed by atoms with E-state index in [9.17, 15) is 4.21 Å². The van der Waals surface area contributed by atoms with E-state index in [0.29, 0.717) is 0 Å². The van der Waals surface area contributed by atoms with Gasteiger partial charge in [0.25, 0.3) is 0 Å². The smallest absolute Gasteiger partial charge is 0.0849 e. The van der Waals surface area contributed by atoms with Crippen LogP contribution >= 0.6 is 11.8 Å². The van der Waals surface area contributed by atoms with Gasteiger partial charge in [0.2, 0.25) is 0 Å². The number of aryl methyl sites for hydroxylation is 2. The molecule has 4 heteroatoms. The van der Waals surface area contributed by atoms with Crippen molar-refractivity contribution in [2.75, 3.05) is 5.32 Å². The van der Waals surface area contributed by atoms with Crippen LogP contribution in [0.4, 0.5) is 11.4 Å². The fourth-order valence-corrected chi connectivity index (χ4v) is 4.83. The van der Waals surface area contributed by atoms with Crippen molar-refractivity contribution in [3.05, 3.63) is 108 Å². The molecule has 1 N–H and O–H groups in total. The molecule has 0 aromatic heterocycles. The van der Waals surface area contributed by atoms with Crippen molar-refractivity contribution in [3.63, 3.8) is 0 Å². The molecule has 4 rings (SSSR count). The highest BCUT2D eigenvalue weighted by Gasteiger charge is 2.07. The van der Waals surface area contributed by atoms with Crippen molar-refractivity contribution in [2.24, 2.45) is 0 Å². The lowest BCUT2D eigenvalue weighted by molar-refractivity contribution is 0.683. The molecule has 1 atom stereocenters. The summed E-state index contributed by atoms with van der Waals surface area (Å²) in [5.74, 6) is 0. The summed E-state index contributed by atoms with van der Waals surface area (Å²) in [4.78, 5) is 4.06. The first-order valence-electron chi connectivity index (χ1n) is 9.77. The molecule has 0 aliphatic rings. The van der Waals surface area contributed by atoms with E-state index in [-0.39, 0.29) is 0 Å². The number of hydrogen-bond donors (Lipinski definition) is 1. The summed E-state index contributed by atoms with van der Waals surface area (Å²) in [5.41, 5.74) is 4.43. The Morgan fingerprint density at radius 3 is 1.43 bits per heavy atom. The molecule has 4 aromatic carbocycles. The van der Waals surface area contributed by atoms with Gasteiger partial charge in [0.15, 0.2) is 0 Å². The molecule has 0 heterocycles. The SMILES string of the molecule is Cc1ccc(Sc2ccc(Nc3ccc(S(=O)c4ccc(C)cc4)cc3)cc2)cc1. The van der Waals surface area contributed by atoms with E-state index < -0.39 is 10.8 Å². The maximum Gasteiger partial charge on any atom is 0.0849 e. The zero-order valence-corrected chi connectivity index (χ0v) is 18.6. The monoisotopic (exact) mass is 429 g/mol. The molecular weight excluding hydrogens is 406 g/mol. The third-order valence-electron chi connectivity index (χ3n) is 4.70. The highest BCUT2D eigenvalue weighted by molar-refractivity contribution is 7.99. The van der Waals surface area contributed by atoms with Gasteiger partial charge in [0, 0.05) is 31.0 Å². The first-order valence-corrected chi connectivity index (χ1v) is 11.7. The maximum absolute atomic E-state index is 12.7. The van der Waals surface area contributed by atoms with Crippen LogP contribution in [-0.4, -0.2) is 4.21 Å². The molecule has 0 saturated carbocycles. The molecule has 0 saturated heterocycles. The van der Waals surface area contributed by atoms with Crippen molar-refractivity contribution in [1.82, 2.24) is 0 Å². The average molecular weight is 430 g/mol. The first kappa shape index (κ1) is 20.5. The van der Waals surface area contributed by atoms with Crippen LogP contribution in [0, 0.1) is 13.8 Å². The predicted molar refractivity (Wildman–Crippen MR) is 127 cm³/mol. The minimum Gasteiger partial charge on any atom is -0.356 e. The maximum atomic E-state index is 12.7. The molecule has 0 amide bonds. The lowest BCUT2D eigenvalue weighted by Crippen LogP contribution is -1.94. The Morgan fingerprint density at radius 1 is 0.567 bits per heavy atom. The highest BCUT2D eigenvalue weighted by Crippen LogP contribution is 2.29. The molecule has 1 unspecified atom stereocenters. The van der Waals surface area contributed by atoms with Gasteiger partial charge in [0.1, 0.15) is 0 Å². The molecular formula is C26H23NOS2. The molecule has 30 heavy (non-hydrogen) atoms. The lowest BCUT2D eigenvalue weighted by atomic mass is 10.2. The molecule has 2 nitrogen and oxygen atoms in total. The van der Waals surface area contributed by atoms with Crippen molar-refractivity contribution in [2.45, 2.75) is 33.4 Å². The Bertz CT molecular complexity index is 1130. The largest absolute Gasteiger partial charge is 0.356 e. The van der Waals surface area contributed by atoms with Gasteiger partial charge in [-0.25, -0.2) is 4.21 Å². The van der Waals surface area contributed by atoms with Gasteiger partial charge in [-0.2, -0.15) is 0 Å². The Labute approximate surface area is 184 Å². The third-order valence-corrected chi connectivity index (χ3v) is 7.12. The fraction of sp³-hybridized carbons (Fsp3) is 0.0769. The summed E-state index contributed by atoms with van der Waals surface area (Å²) in [6.07, 6.45) is 0. The van der Waals surface area contributed by atoms with E-state index in [1.54, 1.807) is 11.8 Å². The molecule has 4 aromatic rings. The van der Waals surface area contributed by atoms with E-state index >= 15 is 0 Å². The van der Waals surface area contributed by atoms with E-state index in [2.05, 4.69) is 60.8 Å². The molecule has 0 spiro atoms. The Hall–Kier alpha value is -2.82. The van der Waals surface area contributed by atoms with Crippen molar-refractivity contribution in [3.8, 4) is 0 Å². The second-order valence-electron chi connectivity index (χ2n) is 7.17. The van der Waals surface area contributed by atoms with Crippen LogP contribution in [0.5, 0.6) is 0 Å². The summed E-state index contributed by atoms with van der Waals surface area (Å²) in [6.45, 7) is 4.13. The van der Waals surface area contributed by atoms with E-state index in [4.69, 9.17) is 0 Å². The molecule has 0 aliphatic heterocycles. The standard InChI is InChI=1S/C26H23NOS2/c1-19-3-11-23(12-4-19)29-24-13-7-21(8-14-24)27-22-9-17-26(18-10-22)30(28)25-15-5-20(2)6-16-25/h3-18,27H,1-2H3. The minimum absolute atomic E-state index is 0.800. The zero-order valence-electron chi connectivity index (χ0n) is 17.0. The van der Waals surface area contributed by atoms with Crippen LogP contribution in [0.25, 0.3) is 0 Å².